The van der Waals surface area contributed by atoms with Crippen LogP contribution in [-0.4, -0.2) is 0 Å². The van der Waals surface area contributed by atoms with E-state index in [9.17, 15) is 0 Å². The third-order valence-corrected chi connectivity index (χ3v) is 7.89. The van der Waals surface area contributed by atoms with Gasteiger partial charge in [0, 0.05) is 8.22 Å². The summed E-state index contributed by atoms with van der Waals surface area (Å²) in [6.07, 6.45) is 0. The minimum Gasteiger partial charge on any atom is -0.0622 e. The van der Waals surface area contributed by atoms with E-state index in [1.807, 2.05) is 99.6 Å². The van der Waals surface area contributed by atoms with Crippen molar-refractivity contribution in [1.29, 1.82) is 0 Å². The minimum atomic E-state index is -2.04. The van der Waals surface area contributed by atoms with Gasteiger partial charge in [-0.3, -0.25) is 0 Å². The van der Waals surface area contributed by atoms with Gasteiger partial charge in [-0.15, -0.1) is 0 Å². The fraction of sp³-hybridized carbons (Fsp3) is 0.163. The lowest BCUT2D eigenvalue weighted by Gasteiger charge is -2.11. The molecule has 0 radical (unpaired) electrons. The molecule has 0 aliphatic rings. The predicted molar refractivity (Wildman–Crippen MR) is 189 cm³/mol. The summed E-state index contributed by atoms with van der Waals surface area (Å²) >= 11 is 0. The van der Waals surface area contributed by atoms with Gasteiger partial charge in [0.25, 0.3) is 0 Å². The van der Waals surface area contributed by atoms with E-state index < -0.39 is 13.7 Å². The Kier molecular flexibility index (Phi) is 8.31. The molecule has 0 saturated heterocycles. The maximum Gasteiger partial charge on any atom is 0.0280 e. The summed E-state index contributed by atoms with van der Waals surface area (Å²) in [4.78, 5) is 0. The summed E-state index contributed by atoms with van der Waals surface area (Å²) in [6, 6.07) is 46.1. The summed E-state index contributed by atoms with van der Waals surface area (Å²) in [6.45, 7) is 5.97. The molecule has 0 fully saturated rings. The van der Waals surface area contributed by atoms with Crippen LogP contribution in [0.1, 0.15) is 47.2 Å². The highest BCUT2D eigenvalue weighted by atomic mass is 14.1. The lowest BCUT2D eigenvalue weighted by Crippen LogP contribution is -1.90. The quantitative estimate of drug-likeness (QED) is 0.200. The summed E-state index contributed by atoms with van der Waals surface area (Å²) < 4.78 is 44.8. The van der Waals surface area contributed by atoms with Crippen LogP contribution in [0.3, 0.4) is 0 Å². The van der Waals surface area contributed by atoms with Crippen molar-refractivity contribution in [3.63, 3.8) is 0 Å². The number of hydrogen-bond acceptors (Lipinski definition) is 0. The molecule has 0 amide bonds. The van der Waals surface area contributed by atoms with E-state index in [4.69, 9.17) is 8.22 Å². The smallest absolute Gasteiger partial charge is 0.0280 e. The first-order chi connectivity index (χ1) is 23.2. The SMILES string of the molecule is Cc1cccc(-c2ccccc2)c1C.[2H]C([2H])([2H])c1ccc(-c2ccccc2)c(C)c1C.[2H]C([2H])([2H])c1ccc(-c2ccccc2)cc1C. The molecule has 0 heterocycles. The molecule has 0 saturated carbocycles. The summed E-state index contributed by atoms with van der Waals surface area (Å²) in [5.41, 5.74) is 13.3. The Morgan fingerprint density at radius 2 is 0.837 bits per heavy atom. The molecule has 0 aliphatic carbocycles. The van der Waals surface area contributed by atoms with Gasteiger partial charge in [-0.05, 0) is 121 Å². The molecule has 6 rings (SSSR count). The van der Waals surface area contributed by atoms with Crippen molar-refractivity contribution in [2.45, 2.75) is 48.3 Å². The molecular weight excluding hydrogens is 516 g/mol. The van der Waals surface area contributed by atoms with E-state index in [0.29, 0.717) is 11.1 Å². The third-order valence-electron chi connectivity index (χ3n) is 7.89. The first-order valence-corrected chi connectivity index (χ1v) is 14.6. The van der Waals surface area contributed by atoms with Gasteiger partial charge in [-0.25, -0.2) is 0 Å². The van der Waals surface area contributed by atoms with Crippen molar-refractivity contribution < 1.29 is 8.22 Å². The normalized spacial score (nSPS) is 12.9. The summed E-state index contributed by atoms with van der Waals surface area (Å²) in [5.74, 6) is 0. The van der Waals surface area contributed by atoms with Crippen LogP contribution in [0.5, 0.6) is 0 Å². The Morgan fingerprint density at radius 3 is 1.37 bits per heavy atom. The lowest BCUT2D eigenvalue weighted by atomic mass is 9.94. The van der Waals surface area contributed by atoms with Crippen molar-refractivity contribution in [3.05, 3.63) is 178 Å². The van der Waals surface area contributed by atoms with E-state index in [-0.39, 0.29) is 0 Å². The van der Waals surface area contributed by atoms with Crippen molar-refractivity contribution >= 4 is 0 Å². The molecule has 0 nitrogen and oxygen atoms in total. The summed E-state index contributed by atoms with van der Waals surface area (Å²) in [5, 5.41) is 0. The van der Waals surface area contributed by atoms with Gasteiger partial charge in [0.05, 0.1) is 0 Å². The molecule has 6 aromatic carbocycles. The lowest BCUT2D eigenvalue weighted by molar-refractivity contribution is 1.27. The van der Waals surface area contributed by atoms with E-state index in [0.717, 1.165) is 38.9 Å². The van der Waals surface area contributed by atoms with Crippen molar-refractivity contribution in [2.24, 2.45) is 0 Å². The number of rotatable bonds is 3. The molecule has 0 spiro atoms. The highest BCUT2D eigenvalue weighted by Crippen LogP contribution is 2.27. The average Bonchev–Trinajstić information content (AvgIpc) is 3.08. The molecule has 0 bridgehead atoms. The summed E-state index contributed by atoms with van der Waals surface area (Å²) in [7, 11) is 0. The van der Waals surface area contributed by atoms with Gasteiger partial charge in [-0.2, -0.15) is 0 Å². The van der Waals surface area contributed by atoms with Crippen molar-refractivity contribution in [2.75, 3.05) is 0 Å². The van der Waals surface area contributed by atoms with Crippen LogP contribution in [-0.2, 0) is 0 Å². The molecular formula is C43H44. The van der Waals surface area contributed by atoms with Crippen molar-refractivity contribution in [1.82, 2.24) is 0 Å². The molecule has 6 aromatic rings. The van der Waals surface area contributed by atoms with E-state index in [1.54, 1.807) is 12.1 Å². The third kappa shape index (κ3) is 8.21. The largest absolute Gasteiger partial charge is 0.0622 e. The molecule has 0 atom stereocenters. The van der Waals surface area contributed by atoms with Gasteiger partial charge in [-0.1, -0.05) is 140 Å². The fourth-order valence-corrected chi connectivity index (χ4v) is 4.91. The number of aryl methyl sites for hydroxylation is 4. The van der Waals surface area contributed by atoms with Crippen molar-refractivity contribution in [3.8, 4) is 33.4 Å². The number of hydrogen-bond donors (Lipinski definition) is 0. The molecule has 0 unspecified atom stereocenters. The van der Waals surface area contributed by atoms with Crippen LogP contribution in [0, 0.1) is 48.3 Å². The highest BCUT2D eigenvalue weighted by molar-refractivity contribution is 5.69. The average molecular weight is 567 g/mol. The van der Waals surface area contributed by atoms with Gasteiger partial charge in [0.2, 0.25) is 0 Å². The maximum atomic E-state index is 7.52. The zero-order chi connectivity index (χ0) is 35.8. The Balaban J connectivity index is 0.000000167. The van der Waals surface area contributed by atoms with Gasteiger partial charge >= 0.3 is 0 Å². The standard InChI is InChI=1S/C15H16.2C14H14/c1-11-9-10-15(13(3)12(11)2)14-7-5-4-6-8-14;1-11-7-6-10-14(12(11)2)13-8-4-3-5-9-13;1-11-8-9-14(10-12(11)2)13-6-4-3-5-7-13/h4-10H,1-3H3;2*3-10H,1-2H3/i1D3;;1D3. The first-order valence-electron chi connectivity index (χ1n) is 17.6. The van der Waals surface area contributed by atoms with Crippen LogP contribution in [0.15, 0.2) is 140 Å². The van der Waals surface area contributed by atoms with Crippen LogP contribution in [0.4, 0.5) is 0 Å². The molecule has 0 heteroatoms. The second kappa shape index (κ2) is 15.0. The van der Waals surface area contributed by atoms with Gasteiger partial charge < -0.3 is 0 Å². The number of benzene rings is 6. The molecule has 43 heavy (non-hydrogen) atoms. The zero-order valence-electron chi connectivity index (χ0n) is 31.8. The second-order valence-corrected chi connectivity index (χ2v) is 10.8. The topological polar surface area (TPSA) is 0 Å². The van der Waals surface area contributed by atoms with E-state index in [2.05, 4.69) is 62.4 Å². The van der Waals surface area contributed by atoms with Gasteiger partial charge in [0.1, 0.15) is 0 Å². The van der Waals surface area contributed by atoms with Crippen LogP contribution < -0.4 is 0 Å². The highest BCUT2D eigenvalue weighted by Gasteiger charge is 2.05. The molecule has 0 aliphatic heterocycles. The first kappa shape index (κ1) is 23.8. The Labute approximate surface area is 268 Å². The van der Waals surface area contributed by atoms with Crippen LogP contribution in [0.25, 0.3) is 33.4 Å². The minimum absolute atomic E-state index is 0.428. The monoisotopic (exact) mass is 566 g/mol. The Hall–Kier alpha value is -4.68. The fourth-order valence-electron chi connectivity index (χ4n) is 4.91. The molecule has 0 N–H and O–H groups in total. The Morgan fingerprint density at radius 1 is 0.326 bits per heavy atom. The maximum absolute atomic E-state index is 7.52. The van der Waals surface area contributed by atoms with Gasteiger partial charge in [0.15, 0.2) is 0 Å². The van der Waals surface area contributed by atoms with Crippen LogP contribution in [0.2, 0.25) is 0 Å². The zero-order valence-corrected chi connectivity index (χ0v) is 25.8. The Bertz CT molecular complexity index is 1960. The van der Waals surface area contributed by atoms with E-state index in [1.165, 1.54) is 22.3 Å². The second-order valence-electron chi connectivity index (χ2n) is 10.8. The van der Waals surface area contributed by atoms with E-state index >= 15 is 0 Å². The molecule has 216 valence electrons. The van der Waals surface area contributed by atoms with Crippen LogP contribution >= 0.6 is 0 Å². The molecule has 0 aromatic heterocycles. The predicted octanol–water partition coefficient (Wildman–Crippen LogP) is 12.2.